The lowest BCUT2D eigenvalue weighted by Crippen LogP contribution is -2.31. The topological polar surface area (TPSA) is 58.6 Å². The highest BCUT2D eigenvalue weighted by Crippen LogP contribution is 2.35. The molecular weight excluding hydrogens is 461 g/mol. The summed E-state index contributed by atoms with van der Waals surface area (Å²) in [5.41, 5.74) is -0.474. The molecule has 5 nitrogen and oxygen atoms in total. The molecule has 3 rings (SSSR count). The van der Waals surface area contributed by atoms with E-state index in [1.807, 2.05) is 19.1 Å². The summed E-state index contributed by atoms with van der Waals surface area (Å²) >= 11 is 6.35. The number of hydrogen-bond donors (Lipinski definition) is 1. The molecule has 32 heavy (non-hydrogen) atoms. The quantitative estimate of drug-likeness (QED) is 0.429. The van der Waals surface area contributed by atoms with E-state index >= 15 is 0 Å². The summed E-state index contributed by atoms with van der Waals surface area (Å²) in [7, 11) is 0. The largest absolute Gasteiger partial charge is 0.494 e. The van der Waals surface area contributed by atoms with Crippen molar-refractivity contribution >= 4 is 51.9 Å². The number of anilines is 1. The van der Waals surface area contributed by atoms with Crippen molar-refractivity contribution in [3.8, 4) is 5.75 Å². The molecular formula is C22H19F3N2O3S2. The molecule has 1 heterocycles. The number of rotatable bonds is 7. The summed E-state index contributed by atoms with van der Waals surface area (Å²) < 4.78 is 44.9. The number of nitrogens with one attached hydrogen (secondary N) is 1. The number of hydrogen-bond acceptors (Lipinski definition) is 5. The predicted molar refractivity (Wildman–Crippen MR) is 122 cm³/mol. The number of para-hydroxylation sites is 1. The zero-order chi connectivity index (χ0) is 23.3. The van der Waals surface area contributed by atoms with E-state index in [1.54, 1.807) is 18.2 Å². The van der Waals surface area contributed by atoms with Gasteiger partial charge < -0.3 is 10.1 Å². The first-order chi connectivity index (χ1) is 15.2. The summed E-state index contributed by atoms with van der Waals surface area (Å²) in [6.07, 6.45) is -3.10. The number of carbonyl (C=O) groups excluding carboxylic acids is 2. The third-order valence-corrected chi connectivity index (χ3v) is 5.81. The first-order valence-electron chi connectivity index (χ1n) is 9.63. The highest BCUT2D eigenvalue weighted by atomic mass is 32.2. The van der Waals surface area contributed by atoms with Crippen LogP contribution in [0, 0.1) is 0 Å². The third kappa shape index (κ3) is 5.89. The van der Waals surface area contributed by atoms with Crippen LogP contribution >= 0.6 is 24.0 Å². The van der Waals surface area contributed by atoms with E-state index in [2.05, 4.69) is 5.32 Å². The van der Waals surface area contributed by atoms with E-state index in [1.165, 1.54) is 23.1 Å². The Labute approximate surface area is 192 Å². The Morgan fingerprint density at radius 1 is 1.19 bits per heavy atom. The first kappa shape index (κ1) is 23.8. The number of carbonyl (C=O) groups is 2. The maximum Gasteiger partial charge on any atom is 0.418 e. The molecule has 0 spiro atoms. The molecule has 2 aromatic rings. The Morgan fingerprint density at radius 2 is 1.88 bits per heavy atom. The average Bonchev–Trinajstić information content (AvgIpc) is 3.00. The van der Waals surface area contributed by atoms with Crippen LogP contribution in [0.2, 0.25) is 0 Å². The van der Waals surface area contributed by atoms with Crippen LogP contribution in [0.4, 0.5) is 18.9 Å². The van der Waals surface area contributed by atoms with Crippen LogP contribution in [0.5, 0.6) is 5.75 Å². The van der Waals surface area contributed by atoms with Gasteiger partial charge in [-0.3, -0.25) is 14.5 Å². The zero-order valence-corrected chi connectivity index (χ0v) is 18.6. The first-order valence-corrected chi connectivity index (χ1v) is 10.9. The zero-order valence-electron chi connectivity index (χ0n) is 16.9. The molecule has 2 amide bonds. The maximum absolute atomic E-state index is 13.1. The molecule has 0 atom stereocenters. The number of amides is 2. The van der Waals surface area contributed by atoms with Crippen LogP contribution in [-0.2, 0) is 15.8 Å². The van der Waals surface area contributed by atoms with Crippen molar-refractivity contribution in [1.29, 1.82) is 0 Å². The molecule has 1 saturated heterocycles. The molecule has 0 saturated carbocycles. The van der Waals surface area contributed by atoms with Gasteiger partial charge in [-0.05, 0) is 42.8 Å². The molecule has 10 heteroatoms. The number of benzene rings is 2. The Kier molecular flexibility index (Phi) is 7.57. The minimum atomic E-state index is -4.59. The Morgan fingerprint density at radius 3 is 2.53 bits per heavy atom. The lowest BCUT2D eigenvalue weighted by Gasteiger charge is -2.16. The molecule has 2 aromatic carbocycles. The number of thiocarbonyl (C=S) groups is 1. The van der Waals surface area contributed by atoms with E-state index in [4.69, 9.17) is 17.0 Å². The van der Waals surface area contributed by atoms with Gasteiger partial charge in [0.05, 0.1) is 22.8 Å². The number of halogens is 3. The number of nitrogens with zero attached hydrogens (tertiary/aromatic N) is 1. The summed E-state index contributed by atoms with van der Waals surface area (Å²) in [6, 6.07) is 11.9. The van der Waals surface area contributed by atoms with E-state index in [-0.39, 0.29) is 28.9 Å². The van der Waals surface area contributed by atoms with Gasteiger partial charge >= 0.3 is 6.18 Å². The van der Waals surface area contributed by atoms with E-state index < -0.39 is 17.6 Å². The van der Waals surface area contributed by atoms with Gasteiger partial charge in [0.1, 0.15) is 10.1 Å². The average molecular weight is 481 g/mol. The second-order valence-corrected chi connectivity index (χ2v) is 8.35. The normalized spacial score (nSPS) is 15.4. The van der Waals surface area contributed by atoms with Gasteiger partial charge in [-0.2, -0.15) is 13.2 Å². The third-order valence-electron chi connectivity index (χ3n) is 4.43. The smallest absolute Gasteiger partial charge is 0.418 e. The van der Waals surface area contributed by atoms with E-state index in [0.29, 0.717) is 11.5 Å². The molecule has 1 aliphatic rings. The summed E-state index contributed by atoms with van der Waals surface area (Å²) in [4.78, 5) is 26.6. The number of ether oxygens (including phenoxy) is 1. The van der Waals surface area contributed by atoms with Gasteiger partial charge in [-0.25, -0.2) is 0 Å². The molecule has 1 aliphatic heterocycles. The Hall–Kier alpha value is -2.85. The predicted octanol–water partition coefficient (Wildman–Crippen LogP) is 5.33. The fourth-order valence-corrected chi connectivity index (χ4v) is 4.25. The Bertz CT molecular complexity index is 1050. The van der Waals surface area contributed by atoms with Crippen molar-refractivity contribution in [3.63, 3.8) is 0 Å². The minimum Gasteiger partial charge on any atom is -0.494 e. The summed E-state index contributed by atoms with van der Waals surface area (Å²) in [6.45, 7) is 2.40. The fraction of sp³-hybridized carbons (Fsp3) is 0.227. The standard InChI is InChI=1S/C22H19F3N2O3S2/c1-2-30-15-9-7-14(8-10-15)13-18-20(29)27(21(31)32-18)12-11-19(28)26-17-6-4-3-5-16(17)22(23,24)25/h3-10,13H,2,11-12H2,1H3,(H,26,28)/b18-13-. The SMILES string of the molecule is CCOc1ccc(/C=C2\SC(=S)N(CCC(=O)Nc3ccccc3C(F)(F)F)C2=O)cc1. The second-order valence-electron chi connectivity index (χ2n) is 6.68. The molecule has 0 radical (unpaired) electrons. The second kappa shape index (κ2) is 10.2. The molecule has 0 bridgehead atoms. The Balaban J connectivity index is 1.62. The van der Waals surface area contributed by atoms with Gasteiger partial charge in [0.25, 0.3) is 5.91 Å². The fourth-order valence-electron chi connectivity index (χ4n) is 2.94. The summed E-state index contributed by atoms with van der Waals surface area (Å²) in [5, 5.41) is 2.26. The van der Waals surface area contributed by atoms with Gasteiger partial charge in [0, 0.05) is 13.0 Å². The highest BCUT2D eigenvalue weighted by Gasteiger charge is 2.34. The van der Waals surface area contributed by atoms with Gasteiger partial charge in [-0.15, -0.1) is 0 Å². The van der Waals surface area contributed by atoms with Crippen LogP contribution in [0.3, 0.4) is 0 Å². The van der Waals surface area contributed by atoms with E-state index in [0.717, 1.165) is 29.1 Å². The summed E-state index contributed by atoms with van der Waals surface area (Å²) in [5.74, 6) is -0.279. The van der Waals surface area contributed by atoms with Crippen molar-refractivity contribution in [2.45, 2.75) is 19.5 Å². The van der Waals surface area contributed by atoms with Crippen LogP contribution in [0.25, 0.3) is 6.08 Å². The minimum absolute atomic E-state index is 0.0364. The lowest BCUT2D eigenvalue weighted by molar-refractivity contribution is -0.137. The van der Waals surface area contributed by atoms with Crippen molar-refractivity contribution in [1.82, 2.24) is 4.90 Å². The van der Waals surface area contributed by atoms with E-state index in [9.17, 15) is 22.8 Å². The number of alkyl halides is 3. The molecule has 0 unspecified atom stereocenters. The van der Waals surface area contributed by atoms with Crippen molar-refractivity contribution in [2.24, 2.45) is 0 Å². The van der Waals surface area contributed by atoms with Gasteiger partial charge in [0.15, 0.2) is 0 Å². The van der Waals surface area contributed by atoms with Crippen LogP contribution in [0.15, 0.2) is 53.4 Å². The van der Waals surface area contributed by atoms with Crippen LogP contribution in [-0.4, -0.2) is 34.2 Å². The molecule has 1 fully saturated rings. The molecule has 1 N–H and O–H groups in total. The lowest BCUT2D eigenvalue weighted by atomic mass is 10.1. The van der Waals surface area contributed by atoms with Crippen molar-refractivity contribution < 1.29 is 27.5 Å². The maximum atomic E-state index is 13.1. The van der Waals surface area contributed by atoms with Crippen LogP contribution in [0.1, 0.15) is 24.5 Å². The molecule has 0 aromatic heterocycles. The number of thioether (sulfide) groups is 1. The van der Waals surface area contributed by atoms with Crippen molar-refractivity contribution in [2.75, 3.05) is 18.5 Å². The van der Waals surface area contributed by atoms with Gasteiger partial charge in [-0.1, -0.05) is 48.2 Å². The van der Waals surface area contributed by atoms with Crippen molar-refractivity contribution in [3.05, 3.63) is 64.6 Å². The monoisotopic (exact) mass is 480 g/mol. The molecule has 168 valence electrons. The van der Waals surface area contributed by atoms with Crippen LogP contribution < -0.4 is 10.1 Å². The van der Waals surface area contributed by atoms with Gasteiger partial charge in [0.2, 0.25) is 5.91 Å². The molecule has 0 aliphatic carbocycles. The highest BCUT2D eigenvalue weighted by molar-refractivity contribution is 8.26.